The Hall–Kier alpha value is -3.15. The number of carboxylic acid groups (broad SMARTS) is 1. The second-order valence-electron chi connectivity index (χ2n) is 7.14. The Morgan fingerprint density at radius 2 is 1.74 bits per heavy atom. The van der Waals surface area contributed by atoms with Gasteiger partial charge in [0.2, 0.25) is 11.8 Å². The molecule has 1 aliphatic carbocycles. The Morgan fingerprint density at radius 3 is 2.41 bits per heavy atom. The molecule has 4 rings (SSSR count). The average Bonchev–Trinajstić information content (AvgIpc) is 3.37. The third-order valence-electron chi connectivity index (χ3n) is 5.35. The number of nitrogens with one attached hydrogen (secondary N) is 1. The average molecular weight is 364 g/mol. The summed E-state index contributed by atoms with van der Waals surface area (Å²) >= 11 is 0. The Kier molecular flexibility index (Phi) is 4.18. The molecule has 2 aromatic rings. The van der Waals surface area contributed by atoms with Gasteiger partial charge in [-0.25, -0.2) is 0 Å². The first-order chi connectivity index (χ1) is 13.0. The highest BCUT2D eigenvalue weighted by molar-refractivity contribution is 6.10. The Morgan fingerprint density at radius 1 is 1.04 bits per heavy atom. The number of benzene rings is 2. The van der Waals surface area contributed by atoms with Gasteiger partial charge in [0, 0.05) is 17.9 Å². The van der Waals surface area contributed by atoms with Crippen molar-refractivity contribution >= 4 is 29.2 Å². The first-order valence-corrected chi connectivity index (χ1v) is 9.02. The lowest BCUT2D eigenvalue weighted by Gasteiger charge is -2.17. The van der Waals surface area contributed by atoms with E-state index in [1.807, 2.05) is 29.2 Å². The van der Waals surface area contributed by atoms with Crippen LogP contribution in [-0.2, 0) is 27.2 Å². The minimum absolute atomic E-state index is 0.0412. The normalized spacial score (nSPS) is 16.5. The van der Waals surface area contributed by atoms with Crippen molar-refractivity contribution in [1.82, 2.24) is 0 Å². The second-order valence-corrected chi connectivity index (χ2v) is 7.14. The Labute approximate surface area is 156 Å². The molecule has 0 spiro atoms. The summed E-state index contributed by atoms with van der Waals surface area (Å²) in [4.78, 5) is 37.8. The summed E-state index contributed by atoms with van der Waals surface area (Å²) in [6.45, 7) is 0.698. The van der Waals surface area contributed by atoms with Gasteiger partial charge in [-0.3, -0.25) is 14.4 Å². The van der Waals surface area contributed by atoms with Gasteiger partial charge >= 0.3 is 5.97 Å². The lowest BCUT2D eigenvalue weighted by atomic mass is 10.1. The van der Waals surface area contributed by atoms with Crippen LogP contribution >= 0.6 is 0 Å². The summed E-state index contributed by atoms with van der Waals surface area (Å²) < 4.78 is 0. The molecule has 2 amide bonds. The molecule has 2 N–H and O–H groups in total. The molecule has 2 aromatic carbocycles. The number of carboxylic acids is 1. The maximum Gasteiger partial charge on any atom is 0.319 e. The minimum atomic E-state index is -1.27. The smallest absolute Gasteiger partial charge is 0.319 e. The number of aliphatic carboxylic acids is 1. The summed E-state index contributed by atoms with van der Waals surface area (Å²) in [5, 5.41) is 11.8. The van der Waals surface area contributed by atoms with Crippen LogP contribution in [0.3, 0.4) is 0 Å². The van der Waals surface area contributed by atoms with E-state index in [9.17, 15) is 14.4 Å². The summed E-state index contributed by atoms with van der Waals surface area (Å²) in [5.41, 5.74) is 2.29. The predicted octanol–water partition coefficient (Wildman–Crippen LogP) is 2.62. The molecular formula is C21H20N2O4. The quantitative estimate of drug-likeness (QED) is 0.799. The maximum absolute atomic E-state index is 12.6. The van der Waals surface area contributed by atoms with E-state index in [1.165, 1.54) is 5.56 Å². The van der Waals surface area contributed by atoms with Gasteiger partial charge in [0.15, 0.2) is 0 Å². The zero-order valence-electron chi connectivity index (χ0n) is 14.8. The third-order valence-corrected chi connectivity index (χ3v) is 5.35. The number of anilines is 2. The molecule has 1 heterocycles. The number of fused-ring (bicyclic) bond motifs is 1. The molecule has 0 unspecified atom stereocenters. The molecule has 0 bridgehead atoms. The number of hydrogen-bond donors (Lipinski definition) is 2. The van der Waals surface area contributed by atoms with Gasteiger partial charge < -0.3 is 15.3 Å². The lowest BCUT2D eigenvalue weighted by molar-refractivity contribution is -0.147. The molecule has 2 aliphatic rings. The van der Waals surface area contributed by atoms with E-state index in [1.54, 1.807) is 24.3 Å². The van der Waals surface area contributed by atoms with E-state index in [-0.39, 0.29) is 12.3 Å². The standard InChI is InChI=1S/C21H20N2O4/c24-18(23-12-9-15-3-1-2-4-17(15)23)13-14-5-7-16(8-6-14)22-19(25)21(10-11-21)20(26)27/h1-8H,9-13H2,(H,22,25)(H,26,27). The molecule has 0 radical (unpaired) electrons. The lowest BCUT2D eigenvalue weighted by Crippen LogP contribution is -2.31. The van der Waals surface area contributed by atoms with Gasteiger partial charge in [-0.2, -0.15) is 0 Å². The Balaban J connectivity index is 1.39. The molecule has 1 aliphatic heterocycles. The fraction of sp³-hybridized carbons (Fsp3) is 0.286. The van der Waals surface area contributed by atoms with Gasteiger partial charge in [0.25, 0.3) is 0 Å². The minimum Gasteiger partial charge on any atom is -0.480 e. The van der Waals surface area contributed by atoms with Crippen molar-refractivity contribution in [3.05, 3.63) is 59.7 Å². The van der Waals surface area contributed by atoms with Crippen molar-refractivity contribution in [2.24, 2.45) is 5.41 Å². The van der Waals surface area contributed by atoms with Crippen molar-refractivity contribution < 1.29 is 19.5 Å². The van der Waals surface area contributed by atoms with E-state index in [0.29, 0.717) is 25.1 Å². The number of amides is 2. The maximum atomic E-state index is 12.6. The fourth-order valence-electron chi connectivity index (χ4n) is 3.49. The Bertz CT molecular complexity index is 916. The first kappa shape index (κ1) is 17.3. The molecule has 0 saturated heterocycles. The van der Waals surface area contributed by atoms with E-state index in [0.717, 1.165) is 17.7 Å². The monoisotopic (exact) mass is 364 g/mol. The molecule has 1 saturated carbocycles. The van der Waals surface area contributed by atoms with Gasteiger partial charge in [-0.15, -0.1) is 0 Å². The number of carbonyl (C=O) groups is 3. The number of nitrogens with zero attached hydrogens (tertiary/aromatic N) is 1. The summed E-state index contributed by atoms with van der Waals surface area (Å²) in [6, 6.07) is 14.9. The zero-order chi connectivity index (χ0) is 19.0. The van der Waals surface area contributed by atoms with Crippen molar-refractivity contribution in [2.45, 2.75) is 25.7 Å². The molecule has 6 nitrogen and oxygen atoms in total. The van der Waals surface area contributed by atoms with E-state index >= 15 is 0 Å². The number of rotatable bonds is 5. The predicted molar refractivity (Wildman–Crippen MR) is 101 cm³/mol. The van der Waals surface area contributed by atoms with Gasteiger partial charge in [0.1, 0.15) is 5.41 Å². The summed E-state index contributed by atoms with van der Waals surface area (Å²) in [7, 11) is 0. The highest BCUT2D eigenvalue weighted by atomic mass is 16.4. The van der Waals surface area contributed by atoms with Crippen molar-refractivity contribution in [2.75, 3.05) is 16.8 Å². The fourth-order valence-corrected chi connectivity index (χ4v) is 3.49. The number of para-hydroxylation sites is 1. The topological polar surface area (TPSA) is 86.7 Å². The van der Waals surface area contributed by atoms with Crippen molar-refractivity contribution in [1.29, 1.82) is 0 Å². The second kappa shape index (κ2) is 6.54. The van der Waals surface area contributed by atoms with Crippen LogP contribution < -0.4 is 10.2 Å². The van der Waals surface area contributed by atoms with E-state index in [4.69, 9.17) is 5.11 Å². The molecule has 1 fully saturated rings. The highest BCUT2D eigenvalue weighted by Crippen LogP contribution is 2.46. The van der Waals surface area contributed by atoms with Crippen LogP contribution in [0.2, 0.25) is 0 Å². The van der Waals surface area contributed by atoms with Crippen molar-refractivity contribution in [3.8, 4) is 0 Å². The molecule has 138 valence electrons. The highest BCUT2D eigenvalue weighted by Gasteiger charge is 2.57. The third kappa shape index (κ3) is 3.18. The molecule has 6 heteroatoms. The van der Waals surface area contributed by atoms with Crippen LogP contribution in [0.15, 0.2) is 48.5 Å². The number of carbonyl (C=O) groups excluding carboxylic acids is 2. The summed E-state index contributed by atoms with van der Waals surface area (Å²) in [5.74, 6) is -1.51. The van der Waals surface area contributed by atoms with Gasteiger partial charge in [-0.1, -0.05) is 30.3 Å². The van der Waals surface area contributed by atoms with Gasteiger partial charge in [0.05, 0.1) is 6.42 Å². The van der Waals surface area contributed by atoms with E-state index in [2.05, 4.69) is 5.32 Å². The molecular weight excluding hydrogens is 344 g/mol. The molecule has 27 heavy (non-hydrogen) atoms. The molecule has 0 aromatic heterocycles. The largest absolute Gasteiger partial charge is 0.480 e. The SMILES string of the molecule is O=C(Cc1ccc(NC(=O)C2(C(=O)O)CC2)cc1)N1CCc2ccccc21. The van der Waals surface area contributed by atoms with Crippen LogP contribution in [0.4, 0.5) is 11.4 Å². The van der Waals surface area contributed by atoms with Crippen LogP contribution in [0, 0.1) is 5.41 Å². The summed E-state index contributed by atoms with van der Waals surface area (Å²) in [6.07, 6.45) is 1.90. The van der Waals surface area contributed by atoms with Crippen LogP contribution in [0.5, 0.6) is 0 Å². The van der Waals surface area contributed by atoms with Gasteiger partial charge in [-0.05, 0) is 48.6 Å². The molecule has 0 atom stereocenters. The van der Waals surface area contributed by atoms with E-state index < -0.39 is 17.3 Å². The first-order valence-electron chi connectivity index (χ1n) is 9.02. The van der Waals surface area contributed by atoms with Crippen LogP contribution in [-0.4, -0.2) is 29.4 Å². The van der Waals surface area contributed by atoms with Crippen LogP contribution in [0.25, 0.3) is 0 Å². The zero-order valence-corrected chi connectivity index (χ0v) is 14.8. The van der Waals surface area contributed by atoms with Crippen LogP contribution in [0.1, 0.15) is 24.0 Å². The van der Waals surface area contributed by atoms with Crippen molar-refractivity contribution in [3.63, 3.8) is 0 Å². The number of hydrogen-bond acceptors (Lipinski definition) is 3.